The SMILES string of the molecule is CNCC(C)(F)c1cc(C)ccc1OC. The van der Waals surface area contributed by atoms with Gasteiger partial charge in [-0.2, -0.15) is 0 Å². The minimum Gasteiger partial charge on any atom is -0.496 e. The maximum atomic E-state index is 14.3. The molecule has 0 bridgehead atoms. The molecule has 84 valence electrons. The van der Waals surface area contributed by atoms with Crippen LogP contribution in [0, 0.1) is 6.92 Å². The van der Waals surface area contributed by atoms with Crippen LogP contribution in [0.2, 0.25) is 0 Å². The molecule has 0 saturated carbocycles. The lowest BCUT2D eigenvalue weighted by Gasteiger charge is -2.23. The molecule has 1 rings (SSSR count). The zero-order valence-electron chi connectivity index (χ0n) is 9.73. The molecule has 3 heteroatoms. The van der Waals surface area contributed by atoms with Gasteiger partial charge in [0.1, 0.15) is 11.4 Å². The number of hydrogen-bond donors (Lipinski definition) is 1. The normalized spacial score (nSPS) is 14.7. The average molecular weight is 211 g/mol. The monoisotopic (exact) mass is 211 g/mol. The van der Waals surface area contributed by atoms with Gasteiger partial charge in [-0.1, -0.05) is 11.6 Å². The summed E-state index contributed by atoms with van der Waals surface area (Å²) in [5, 5.41) is 2.85. The number of alkyl halides is 1. The van der Waals surface area contributed by atoms with E-state index in [0.29, 0.717) is 11.3 Å². The maximum absolute atomic E-state index is 14.3. The van der Waals surface area contributed by atoms with E-state index in [0.717, 1.165) is 5.56 Å². The Morgan fingerprint density at radius 2 is 2.13 bits per heavy atom. The molecule has 0 aliphatic heterocycles. The second-order valence-electron chi connectivity index (χ2n) is 3.93. The Kier molecular flexibility index (Phi) is 3.69. The highest BCUT2D eigenvalue weighted by molar-refractivity contribution is 5.40. The second kappa shape index (κ2) is 4.62. The number of methoxy groups -OCH3 is 1. The van der Waals surface area contributed by atoms with Crippen molar-refractivity contribution >= 4 is 0 Å². The van der Waals surface area contributed by atoms with Crippen molar-refractivity contribution in [3.8, 4) is 5.75 Å². The van der Waals surface area contributed by atoms with Crippen LogP contribution in [0.3, 0.4) is 0 Å². The first-order valence-corrected chi connectivity index (χ1v) is 5.00. The minimum atomic E-state index is -1.41. The van der Waals surface area contributed by atoms with Crippen molar-refractivity contribution in [2.75, 3.05) is 20.7 Å². The van der Waals surface area contributed by atoms with Crippen LogP contribution < -0.4 is 10.1 Å². The maximum Gasteiger partial charge on any atom is 0.149 e. The lowest BCUT2D eigenvalue weighted by atomic mass is 9.95. The van der Waals surface area contributed by atoms with Gasteiger partial charge in [-0.15, -0.1) is 0 Å². The summed E-state index contributed by atoms with van der Waals surface area (Å²) >= 11 is 0. The molecule has 0 heterocycles. The number of ether oxygens (including phenoxy) is 1. The predicted molar refractivity (Wildman–Crippen MR) is 60.1 cm³/mol. The zero-order chi connectivity index (χ0) is 11.5. The number of nitrogens with one attached hydrogen (secondary N) is 1. The van der Waals surface area contributed by atoms with Crippen molar-refractivity contribution in [3.05, 3.63) is 29.3 Å². The molecule has 0 radical (unpaired) electrons. The highest BCUT2D eigenvalue weighted by Gasteiger charge is 2.28. The van der Waals surface area contributed by atoms with Crippen molar-refractivity contribution in [1.29, 1.82) is 0 Å². The third-order valence-corrected chi connectivity index (χ3v) is 2.43. The Morgan fingerprint density at radius 1 is 1.47 bits per heavy atom. The van der Waals surface area contributed by atoms with Gasteiger partial charge in [-0.05, 0) is 33.0 Å². The van der Waals surface area contributed by atoms with Gasteiger partial charge in [-0.25, -0.2) is 4.39 Å². The van der Waals surface area contributed by atoms with Crippen LogP contribution in [0.25, 0.3) is 0 Å². The highest BCUT2D eigenvalue weighted by atomic mass is 19.1. The molecule has 1 aromatic rings. The van der Waals surface area contributed by atoms with E-state index in [1.807, 2.05) is 19.1 Å². The molecule has 0 spiro atoms. The van der Waals surface area contributed by atoms with E-state index in [-0.39, 0.29) is 6.54 Å². The van der Waals surface area contributed by atoms with Gasteiger partial charge in [0.25, 0.3) is 0 Å². The third-order valence-electron chi connectivity index (χ3n) is 2.43. The summed E-state index contributed by atoms with van der Waals surface area (Å²) in [6.07, 6.45) is 0. The summed E-state index contributed by atoms with van der Waals surface area (Å²) in [6, 6.07) is 5.55. The smallest absolute Gasteiger partial charge is 0.149 e. The molecular formula is C12H18FNO. The molecule has 1 aromatic carbocycles. The second-order valence-corrected chi connectivity index (χ2v) is 3.93. The van der Waals surface area contributed by atoms with E-state index >= 15 is 0 Å². The molecule has 1 N–H and O–H groups in total. The number of benzene rings is 1. The summed E-state index contributed by atoms with van der Waals surface area (Å²) < 4.78 is 19.5. The van der Waals surface area contributed by atoms with Crippen LogP contribution >= 0.6 is 0 Å². The third kappa shape index (κ3) is 2.69. The van der Waals surface area contributed by atoms with Crippen LogP contribution in [0.5, 0.6) is 5.75 Å². The van der Waals surface area contributed by atoms with Crippen LogP contribution in [0.1, 0.15) is 18.1 Å². The fraction of sp³-hybridized carbons (Fsp3) is 0.500. The first-order chi connectivity index (χ1) is 7.01. The standard InChI is InChI=1S/C12H18FNO/c1-9-5-6-11(15-4)10(7-9)12(2,13)8-14-3/h5-7,14H,8H2,1-4H3. The molecule has 0 aliphatic rings. The molecule has 0 saturated heterocycles. The Balaban J connectivity index is 3.15. The Bertz CT molecular complexity index is 336. The van der Waals surface area contributed by atoms with E-state index in [4.69, 9.17) is 4.74 Å². The molecule has 1 atom stereocenters. The van der Waals surface area contributed by atoms with Gasteiger partial charge < -0.3 is 10.1 Å². The molecule has 0 amide bonds. The van der Waals surface area contributed by atoms with E-state index < -0.39 is 5.67 Å². The summed E-state index contributed by atoms with van der Waals surface area (Å²) in [6.45, 7) is 3.77. The average Bonchev–Trinajstić information content (AvgIpc) is 2.17. The molecule has 0 aliphatic carbocycles. The topological polar surface area (TPSA) is 21.3 Å². The number of halogens is 1. The fourth-order valence-corrected chi connectivity index (χ4v) is 1.66. The van der Waals surface area contributed by atoms with Gasteiger partial charge in [0.15, 0.2) is 0 Å². The van der Waals surface area contributed by atoms with Crippen molar-refractivity contribution in [3.63, 3.8) is 0 Å². The van der Waals surface area contributed by atoms with E-state index in [1.165, 1.54) is 0 Å². The van der Waals surface area contributed by atoms with Crippen molar-refractivity contribution < 1.29 is 9.13 Å². The Morgan fingerprint density at radius 3 is 2.67 bits per heavy atom. The van der Waals surface area contributed by atoms with Crippen molar-refractivity contribution in [2.24, 2.45) is 0 Å². The van der Waals surface area contributed by atoms with E-state index in [1.54, 1.807) is 27.1 Å². The summed E-state index contributed by atoms with van der Waals surface area (Å²) in [7, 11) is 3.30. The van der Waals surface area contributed by atoms with Crippen LogP contribution in [0.15, 0.2) is 18.2 Å². The molecule has 1 unspecified atom stereocenters. The molecule has 0 aromatic heterocycles. The summed E-state index contributed by atoms with van der Waals surface area (Å²) in [5.41, 5.74) is 0.219. The van der Waals surface area contributed by atoms with Gasteiger partial charge in [0, 0.05) is 12.1 Å². The van der Waals surface area contributed by atoms with E-state index in [2.05, 4.69) is 5.32 Å². The van der Waals surface area contributed by atoms with Crippen LogP contribution in [-0.4, -0.2) is 20.7 Å². The molecular weight excluding hydrogens is 193 g/mol. The Hall–Kier alpha value is -1.09. The number of aryl methyl sites for hydroxylation is 1. The van der Waals surface area contributed by atoms with Crippen molar-refractivity contribution in [2.45, 2.75) is 19.5 Å². The number of rotatable bonds is 4. The lowest BCUT2D eigenvalue weighted by molar-refractivity contribution is 0.184. The molecule has 2 nitrogen and oxygen atoms in total. The number of likely N-dealkylation sites (N-methyl/N-ethyl adjacent to an activating group) is 1. The largest absolute Gasteiger partial charge is 0.496 e. The van der Waals surface area contributed by atoms with Crippen LogP contribution in [0.4, 0.5) is 4.39 Å². The first-order valence-electron chi connectivity index (χ1n) is 5.00. The molecule has 15 heavy (non-hydrogen) atoms. The van der Waals surface area contributed by atoms with Gasteiger partial charge >= 0.3 is 0 Å². The van der Waals surface area contributed by atoms with Gasteiger partial charge in [0.05, 0.1) is 7.11 Å². The summed E-state index contributed by atoms with van der Waals surface area (Å²) in [5.74, 6) is 0.598. The zero-order valence-corrected chi connectivity index (χ0v) is 9.73. The summed E-state index contributed by atoms with van der Waals surface area (Å²) in [4.78, 5) is 0. The Labute approximate surface area is 90.4 Å². The first kappa shape index (κ1) is 12.0. The highest BCUT2D eigenvalue weighted by Crippen LogP contribution is 2.33. The van der Waals surface area contributed by atoms with Crippen LogP contribution in [-0.2, 0) is 5.67 Å². The lowest BCUT2D eigenvalue weighted by Crippen LogP contribution is -2.29. The van der Waals surface area contributed by atoms with Gasteiger partial charge in [-0.3, -0.25) is 0 Å². The minimum absolute atomic E-state index is 0.271. The van der Waals surface area contributed by atoms with E-state index in [9.17, 15) is 4.39 Å². The number of hydrogen-bond acceptors (Lipinski definition) is 2. The predicted octanol–water partition coefficient (Wildman–Crippen LogP) is 2.41. The van der Waals surface area contributed by atoms with Gasteiger partial charge in [0.2, 0.25) is 0 Å². The van der Waals surface area contributed by atoms with Crippen molar-refractivity contribution in [1.82, 2.24) is 5.32 Å². The molecule has 0 fully saturated rings. The quantitative estimate of drug-likeness (QED) is 0.825. The fourth-order valence-electron chi connectivity index (χ4n) is 1.66.